The Kier molecular flexibility index (Phi) is 4.79. The van der Waals surface area contributed by atoms with Crippen LogP contribution >= 0.6 is 0 Å². The lowest BCUT2D eigenvalue weighted by Gasteiger charge is -2.34. The number of aromatic nitrogens is 3. The number of rotatable bonds is 5. The lowest BCUT2D eigenvalue weighted by molar-refractivity contribution is -0.133. The highest BCUT2D eigenvalue weighted by atomic mass is 16.2. The predicted molar refractivity (Wildman–Crippen MR) is 96.6 cm³/mol. The van der Waals surface area contributed by atoms with Crippen LogP contribution in [0.3, 0.4) is 0 Å². The van der Waals surface area contributed by atoms with E-state index < -0.39 is 0 Å². The summed E-state index contributed by atoms with van der Waals surface area (Å²) in [6.45, 7) is 3.88. The molecule has 0 N–H and O–H groups in total. The summed E-state index contributed by atoms with van der Waals surface area (Å²) in [6, 6.07) is 7.32. The Labute approximate surface area is 152 Å². The van der Waals surface area contributed by atoms with Crippen LogP contribution in [0.1, 0.15) is 30.0 Å². The highest BCUT2D eigenvalue weighted by molar-refractivity contribution is 5.76. The molecule has 7 heteroatoms. The van der Waals surface area contributed by atoms with Crippen LogP contribution in [0, 0.1) is 0 Å². The largest absolute Gasteiger partial charge is 0.339 e. The van der Waals surface area contributed by atoms with Crippen LogP contribution in [0.25, 0.3) is 0 Å². The van der Waals surface area contributed by atoms with Crippen LogP contribution in [0.2, 0.25) is 0 Å². The topological polar surface area (TPSA) is 71.3 Å². The van der Waals surface area contributed by atoms with Crippen molar-refractivity contribution in [3.05, 3.63) is 58.3 Å². The first-order chi connectivity index (χ1) is 12.7. The third kappa shape index (κ3) is 3.99. The van der Waals surface area contributed by atoms with Crippen LogP contribution in [0.4, 0.5) is 0 Å². The van der Waals surface area contributed by atoms with Crippen molar-refractivity contribution in [3.63, 3.8) is 0 Å². The van der Waals surface area contributed by atoms with Crippen LogP contribution < -0.4 is 5.56 Å². The second-order valence-corrected chi connectivity index (χ2v) is 7.05. The van der Waals surface area contributed by atoms with Gasteiger partial charge >= 0.3 is 0 Å². The Hall–Kier alpha value is -2.54. The molecule has 1 amide bonds. The minimum Gasteiger partial charge on any atom is -0.339 e. The van der Waals surface area contributed by atoms with Gasteiger partial charge in [-0.3, -0.25) is 19.5 Å². The van der Waals surface area contributed by atoms with Gasteiger partial charge in [-0.25, -0.2) is 4.68 Å². The Bertz CT molecular complexity index is 823. The molecule has 2 fully saturated rings. The van der Waals surface area contributed by atoms with Crippen molar-refractivity contribution in [1.29, 1.82) is 0 Å². The number of nitrogens with zero attached hydrogens (tertiary/aromatic N) is 5. The van der Waals surface area contributed by atoms with E-state index in [-0.39, 0.29) is 18.0 Å². The van der Waals surface area contributed by atoms with Gasteiger partial charge in [0.25, 0.3) is 5.56 Å². The molecule has 1 aliphatic heterocycles. The molecular weight excluding hydrogens is 330 g/mol. The maximum Gasteiger partial charge on any atom is 0.267 e. The van der Waals surface area contributed by atoms with Gasteiger partial charge in [-0.05, 0) is 30.5 Å². The number of hydrogen-bond donors (Lipinski definition) is 0. The number of piperazine rings is 1. The zero-order chi connectivity index (χ0) is 17.9. The van der Waals surface area contributed by atoms with Crippen LogP contribution in [-0.2, 0) is 17.9 Å². The summed E-state index contributed by atoms with van der Waals surface area (Å²) in [5.41, 5.74) is 1.90. The summed E-state index contributed by atoms with van der Waals surface area (Å²) < 4.78 is 1.32. The summed E-state index contributed by atoms with van der Waals surface area (Å²) in [6.07, 6.45) is 5.90. The lowest BCUT2D eigenvalue weighted by Crippen LogP contribution is -2.49. The second-order valence-electron chi connectivity index (χ2n) is 7.05. The highest BCUT2D eigenvalue weighted by Crippen LogP contribution is 2.38. The normalized spacial score (nSPS) is 18.1. The molecule has 4 rings (SSSR count). The minimum atomic E-state index is -0.210. The van der Waals surface area contributed by atoms with Gasteiger partial charge < -0.3 is 4.90 Å². The Morgan fingerprint density at radius 2 is 1.92 bits per heavy atom. The first kappa shape index (κ1) is 16.9. The Morgan fingerprint density at radius 3 is 2.62 bits per heavy atom. The van der Waals surface area contributed by atoms with Crippen molar-refractivity contribution in [2.75, 3.05) is 26.2 Å². The van der Waals surface area contributed by atoms with Crippen molar-refractivity contribution < 1.29 is 4.79 Å². The van der Waals surface area contributed by atoms with Gasteiger partial charge in [0, 0.05) is 57.1 Å². The first-order valence-corrected chi connectivity index (χ1v) is 9.16. The summed E-state index contributed by atoms with van der Waals surface area (Å²) in [5, 5.41) is 4.38. The molecule has 2 aliphatic rings. The maximum absolute atomic E-state index is 12.6. The summed E-state index contributed by atoms with van der Waals surface area (Å²) >= 11 is 0. The second kappa shape index (κ2) is 7.37. The number of hydrogen-bond acceptors (Lipinski definition) is 5. The molecule has 0 unspecified atom stereocenters. The van der Waals surface area contributed by atoms with Gasteiger partial charge in [0.15, 0.2) is 0 Å². The molecular formula is C19H23N5O2. The van der Waals surface area contributed by atoms with Gasteiger partial charge in [-0.1, -0.05) is 6.07 Å². The van der Waals surface area contributed by atoms with Crippen LogP contribution in [-0.4, -0.2) is 56.7 Å². The maximum atomic E-state index is 12.6. The third-order valence-corrected chi connectivity index (χ3v) is 5.02. The zero-order valence-electron chi connectivity index (χ0n) is 14.8. The Morgan fingerprint density at radius 1 is 1.12 bits per heavy atom. The van der Waals surface area contributed by atoms with Crippen molar-refractivity contribution in [3.8, 4) is 0 Å². The van der Waals surface area contributed by atoms with Crippen molar-refractivity contribution in [1.82, 2.24) is 24.6 Å². The van der Waals surface area contributed by atoms with E-state index in [0.717, 1.165) is 38.2 Å². The quantitative estimate of drug-likeness (QED) is 0.797. The molecule has 1 saturated carbocycles. The molecule has 1 saturated heterocycles. The summed E-state index contributed by atoms with van der Waals surface area (Å²) in [7, 11) is 0. The van der Waals surface area contributed by atoms with E-state index in [0.29, 0.717) is 19.0 Å². The molecule has 0 atom stereocenters. The van der Waals surface area contributed by atoms with E-state index in [2.05, 4.69) is 21.0 Å². The van der Waals surface area contributed by atoms with E-state index in [1.807, 2.05) is 17.2 Å². The van der Waals surface area contributed by atoms with E-state index in [1.165, 1.54) is 16.3 Å². The average Bonchev–Trinajstić information content (AvgIpc) is 3.50. The minimum absolute atomic E-state index is 0.0298. The first-order valence-electron chi connectivity index (χ1n) is 9.16. The summed E-state index contributed by atoms with van der Waals surface area (Å²) in [4.78, 5) is 32.9. The van der Waals surface area contributed by atoms with Gasteiger partial charge in [-0.2, -0.15) is 5.10 Å². The molecule has 7 nitrogen and oxygen atoms in total. The Balaban J connectivity index is 1.32. The number of pyridine rings is 1. The van der Waals surface area contributed by atoms with Gasteiger partial charge in [-0.15, -0.1) is 0 Å². The zero-order valence-corrected chi connectivity index (χ0v) is 14.8. The molecule has 3 heterocycles. The fourth-order valence-electron chi connectivity index (χ4n) is 3.31. The van der Waals surface area contributed by atoms with Gasteiger partial charge in [0.05, 0.1) is 5.69 Å². The fraction of sp³-hybridized carbons (Fsp3) is 0.474. The summed E-state index contributed by atoms with van der Waals surface area (Å²) in [5.74, 6) is 0.432. The van der Waals surface area contributed by atoms with Crippen LogP contribution in [0.15, 0.2) is 41.5 Å². The van der Waals surface area contributed by atoms with Gasteiger partial charge in [0.2, 0.25) is 5.91 Å². The van der Waals surface area contributed by atoms with E-state index >= 15 is 0 Å². The van der Waals surface area contributed by atoms with Crippen molar-refractivity contribution in [2.45, 2.75) is 31.8 Å². The van der Waals surface area contributed by atoms with Crippen molar-refractivity contribution >= 4 is 5.91 Å². The molecule has 2 aromatic heterocycles. The molecule has 136 valence electrons. The standard InChI is InChI=1S/C19H23N5O2/c25-18-6-5-17(16-3-4-16)21-24(18)14-19(26)23-10-8-22(9-11-23)13-15-2-1-7-20-12-15/h1-2,5-7,12,16H,3-4,8-11,13-14H2. The molecule has 0 aromatic carbocycles. The lowest BCUT2D eigenvalue weighted by atomic mass is 10.2. The predicted octanol–water partition coefficient (Wildman–Crippen LogP) is 0.860. The molecule has 26 heavy (non-hydrogen) atoms. The van der Waals surface area contributed by atoms with E-state index in [4.69, 9.17) is 0 Å². The van der Waals surface area contributed by atoms with E-state index in [9.17, 15) is 9.59 Å². The van der Waals surface area contributed by atoms with E-state index in [1.54, 1.807) is 12.3 Å². The number of amides is 1. The van der Waals surface area contributed by atoms with Gasteiger partial charge in [0.1, 0.15) is 6.54 Å². The molecule has 0 radical (unpaired) electrons. The monoisotopic (exact) mass is 353 g/mol. The fourth-order valence-corrected chi connectivity index (χ4v) is 3.31. The van der Waals surface area contributed by atoms with Crippen LogP contribution in [0.5, 0.6) is 0 Å². The molecule has 1 aliphatic carbocycles. The highest BCUT2D eigenvalue weighted by Gasteiger charge is 2.26. The third-order valence-electron chi connectivity index (χ3n) is 5.02. The molecule has 0 bridgehead atoms. The van der Waals surface area contributed by atoms with Crippen molar-refractivity contribution in [2.24, 2.45) is 0 Å². The average molecular weight is 353 g/mol. The SMILES string of the molecule is O=C(Cn1nc(C2CC2)ccc1=O)N1CCN(Cc2cccnc2)CC1. The molecule has 0 spiro atoms. The molecule has 2 aromatic rings. The number of carbonyl (C=O) groups is 1. The number of carbonyl (C=O) groups excluding carboxylic acids is 1. The smallest absolute Gasteiger partial charge is 0.267 e.